The van der Waals surface area contributed by atoms with E-state index in [0.717, 1.165) is 0 Å². The van der Waals surface area contributed by atoms with Gasteiger partial charge in [-0.15, -0.1) is 0 Å². The molecule has 0 aliphatic carbocycles. The molecular weight excluding hydrogens is 160 g/mol. The van der Waals surface area contributed by atoms with Crippen molar-refractivity contribution in [1.82, 2.24) is 0 Å². The van der Waals surface area contributed by atoms with E-state index in [1.54, 1.807) is 0 Å². The summed E-state index contributed by atoms with van der Waals surface area (Å²) < 4.78 is 38.3. The van der Waals surface area contributed by atoms with Gasteiger partial charge in [0.2, 0.25) is 5.44 Å². The number of methoxy groups -OCH3 is 1. The third kappa shape index (κ3) is 1.66. The molecule has 0 saturated carbocycles. The van der Waals surface area contributed by atoms with Crippen molar-refractivity contribution in [3.8, 4) is 0 Å². The van der Waals surface area contributed by atoms with Gasteiger partial charge in [-0.1, -0.05) is 0 Å². The third-order valence-electron chi connectivity index (χ3n) is 1.19. The molecule has 1 saturated heterocycles. The van der Waals surface area contributed by atoms with Crippen molar-refractivity contribution < 1.29 is 22.4 Å². The molecule has 2 unspecified atom stereocenters. The van der Waals surface area contributed by atoms with Crippen molar-refractivity contribution in [2.75, 3.05) is 13.7 Å². The quantitative estimate of drug-likeness (QED) is 0.443. The molecule has 0 aromatic heterocycles. The van der Waals surface area contributed by atoms with Gasteiger partial charge in [0.1, 0.15) is 6.10 Å². The van der Waals surface area contributed by atoms with Crippen molar-refractivity contribution in [1.29, 1.82) is 0 Å². The van der Waals surface area contributed by atoms with E-state index in [0.29, 0.717) is 6.61 Å². The Hall–Kier alpha value is -0.170. The molecule has 1 heterocycles. The van der Waals surface area contributed by atoms with Gasteiger partial charge < -0.3 is 9.47 Å². The van der Waals surface area contributed by atoms with E-state index in [2.05, 4.69) is 9.47 Å². The maximum atomic E-state index is 10.4. The highest BCUT2D eigenvalue weighted by Crippen LogP contribution is 2.19. The van der Waals surface area contributed by atoms with Crippen LogP contribution in [0.4, 0.5) is 0 Å². The van der Waals surface area contributed by atoms with Crippen molar-refractivity contribution in [3.05, 3.63) is 0 Å². The molecule has 5 nitrogen and oxygen atoms in total. The first kappa shape index (κ1) is 7.93. The minimum Gasteiger partial charge on any atom is -0.369 e. The molecule has 1 rings (SSSR count). The highest BCUT2D eigenvalue weighted by molar-refractivity contribution is 7.86. The lowest BCUT2D eigenvalue weighted by Gasteiger charge is -2.06. The normalized spacial score (nSPS) is 28.0. The van der Waals surface area contributed by atoms with Crippen molar-refractivity contribution in [2.45, 2.75) is 11.5 Å². The Kier molecular flexibility index (Phi) is 1.95. The van der Waals surface area contributed by atoms with Crippen molar-refractivity contribution in [2.24, 2.45) is 0 Å². The first-order valence-electron chi connectivity index (χ1n) is 2.66. The second-order valence-corrected chi connectivity index (χ2v) is 3.49. The van der Waals surface area contributed by atoms with Gasteiger partial charge in [-0.3, -0.25) is 4.55 Å². The van der Waals surface area contributed by atoms with Crippen LogP contribution in [0.3, 0.4) is 0 Å². The lowest BCUT2D eigenvalue weighted by molar-refractivity contribution is 0.127. The Morgan fingerprint density at radius 2 is 2.30 bits per heavy atom. The summed E-state index contributed by atoms with van der Waals surface area (Å²) in [5.74, 6) is 0. The summed E-state index contributed by atoms with van der Waals surface area (Å²) in [6.07, 6.45) is -0.486. The van der Waals surface area contributed by atoms with Crippen molar-refractivity contribution in [3.63, 3.8) is 0 Å². The summed E-state index contributed by atoms with van der Waals surface area (Å²) in [6, 6.07) is 0. The zero-order valence-corrected chi connectivity index (χ0v) is 6.17. The van der Waals surface area contributed by atoms with Crippen LogP contribution in [0.15, 0.2) is 0 Å². The first-order chi connectivity index (χ1) is 4.55. The zero-order valence-electron chi connectivity index (χ0n) is 5.35. The summed E-state index contributed by atoms with van der Waals surface area (Å²) >= 11 is 0. The van der Waals surface area contributed by atoms with Crippen LogP contribution in [-0.4, -0.2) is 38.2 Å². The topological polar surface area (TPSA) is 76.1 Å². The Morgan fingerprint density at radius 3 is 2.40 bits per heavy atom. The van der Waals surface area contributed by atoms with Gasteiger partial charge in [0.15, 0.2) is 0 Å². The minimum atomic E-state index is -4.10. The van der Waals surface area contributed by atoms with Crippen molar-refractivity contribution >= 4 is 10.1 Å². The van der Waals surface area contributed by atoms with E-state index in [9.17, 15) is 8.42 Å². The molecule has 60 valence electrons. The van der Waals surface area contributed by atoms with Gasteiger partial charge in [-0.2, -0.15) is 8.42 Å². The molecule has 1 fully saturated rings. The molecule has 0 spiro atoms. The van der Waals surface area contributed by atoms with Gasteiger partial charge in [-0.05, 0) is 0 Å². The molecule has 0 bridgehead atoms. The Morgan fingerprint density at radius 1 is 1.80 bits per heavy atom. The fraction of sp³-hybridized carbons (Fsp3) is 1.00. The monoisotopic (exact) mass is 168 g/mol. The van der Waals surface area contributed by atoms with Crippen LogP contribution in [0.5, 0.6) is 0 Å². The predicted octanol–water partition coefficient (Wildman–Crippen LogP) is -0.754. The van der Waals surface area contributed by atoms with Crippen LogP contribution in [0.2, 0.25) is 0 Å². The van der Waals surface area contributed by atoms with Crippen LogP contribution >= 0.6 is 0 Å². The Labute approximate surface area is 58.7 Å². The van der Waals surface area contributed by atoms with Crippen LogP contribution in [0.1, 0.15) is 0 Å². The molecule has 10 heavy (non-hydrogen) atoms. The molecule has 0 aromatic carbocycles. The molecule has 0 aromatic rings. The molecule has 1 N–H and O–H groups in total. The SMILES string of the molecule is COC(C1CO1)S(=O)(=O)O. The maximum Gasteiger partial charge on any atom is 0.295 e. The predicted molar refractivity (Wildman–Crippen MR) is 32.1 cm³/mol. The molecule has 2 atom stereocenters. The lowest BCUT2D eigenvalue weighted by atomic mass is 10.5. The summed E-state index contributed by atoms with van der Waals surface area (Å²) in [7, 11) is -2.89. The highest BCUT2D eigenvalue weighted by atomic mass is 32.2. The van der Waals surface area contributed by atoms with Gasteiger partial charge in [-0.25, -0.2) is 0 Å². The van der Waals surface area contributed by atoms with E-state index in [4.69, 9.17) is 4.55 Å². The van der Waals surface area contributed by atoms with Gasteiger partial charge in [0.05, 0.1) is 6.61 Å². The molecule has 0 radical (unpaired) electrons. The summed E-state index contributed by atoms with van der Waals surface area (Å²) in [4.78, 5) is 0. The standard InChI is InChI=1S/C4H8O5S/c1-8-4(3-2-9-3)10(5,6)7/h3-4H,2H2,1H3,(H,5,6,7). The number of rotatable bonds is 3. The highest BCUT2D eigenvalue weighted by Gasteiger charge is 2.41. The van der Waals surface area contributed by atoms with E-state index in [-0.39, 0.29) is 0 Å². The average Bonchev–Trinajstić information content (AvgIpc) is 2.46. The average molecular weight is 168 g/mol. The lowest BCUT2D eigenvalue weighted by Crippen LogP contribution is -2.28. The second-order valence-electron chi connectivity index (χ2n) is 1.99. The first-order valence-corrected chi connectivity index (χ1v) is 4.16. The van der Waals surface area contributed by atoms with Gasteiger partial charge in [0.25, 0.3) is 10.1 Å². The Bertz CT molecular complexity index is 204. The number of ether oxygens (including phenoxy) is 2. The van der Waals surface area contributed by atoms with Crippen LogP contribution in [0.25, 0.3) is 0 Å². The largest absolute Gasteiger partial charge is 0.369 e. The number of epoxide rings is 1. The van der Waals surface area contributed by atoms with Gasteiger partial charge in [0, 0.05) is 7.11 Å². The third-order valence-corrected chi connectivity index (χ3v) is 2.27. The minimum absolute atomic E-state index is 0.332. The van der Waals surface area contributed by atoms with Crippen LogP contribution in [0, 0.1) is 0 Å². The van der Waals surface area contributed by atoms with E-state index in [1.165, 1.54) is 7.11 Å². The molecule has 1 aliphatic heterocycles. The molecule has 6 heteroatoms. The van der Waals surface area contributed by atoms with Gasteiger partial charge >= 0.3 is 0 Å². The fourth-order valence-corrected chi connectivity index (χ4v) is 1.46. The maximum absolute atomic E-state index is 10.4. The molecule has 1 aliphatic rings. The molecule has 0 amide bonds. The molecular formula is C4H8O5S. The number of hydrogen-bond acceptors (Lipinski definition) is 4. The van der Waals surface area contributed by atoms with E-state index in [1.807, 2.05) is 0 Å². The van der Waals surface area contributed by atoms with Crippen LogP contribution in [-0.2, 0) is 19.6 Å². The van der Waals surface area contributed by atoms with E-state index < -0.39 is 21.7 Å². The summed E-state index contributed by atoms with van der Waals surface area (Å²) in [6.45, 7) is 0.332. The Balaban J connectivity index is 2.64. The number of hydrogen-bond donors (Lipinski definition) is 1. The zero-order chi connectivity index (χ0) is 7.78. The summed E-state index contributed by atoms with van der Waals surface area (Å²) in [5, 5.41) is 0. The smallest absolute Gasteiger partial charge is 0.295 e. The van der Waals surface area contributed by atoms with Crippen LogP contribution < -0.4 is 0 Å². The summed E-state index contributed by atoms with van der Waals surface area (Å²) in [5.41, 5.74) is -1.22. The fourth-order valence-electron chi connectivity index (χ4n) is 0.678. The van der Waals surface area contributed by atoms with E-state index >= 15 is 0 Å². The second kappa shape index (κ2) is 2.46.